The van der Waals surface area contributed by atoms with Crippen molar-refractivity contribution < 1.29 is 9.53 Å². The monoisotopic (exact) mass is 269 g/mol. The Morgan fingerprint density at radius 1 is 1.32 bits per heavy atom. The van der Waals surface area contributed by atoms with E-state index >= 15 is 0 Å². The molecule has 0 aromatic heterocycles. The van der Waals surface area contributed by atoms with Crippen molar-refractivity contribution in [2.45, 2.75) is 19.3 Å². The largest absolute Gasteiger partial charge is 0.379 e. The zero-order valence-electron chi connectivity index (χ0n) is 12.1. The van der Waals surface area contributed by atoms with Crippen LogP contribution in [0.15, 0.2) is 0 Å². The van der Waals surface area contributed by atoms with Crippen LogP contribution in [0.4, 0.5) is 0 Å². The SMILES string of the molecule is CN1CCC[C@H](C(=O)NCCCN2CCOCC2)C1. The van der Waals surface area contributed by atoms with Crippen LogP contribution in [-0.4, -0.2) is 75.2 Å². The summed E-state index contributed by atoms with van der Waals surface area (Å²) in [5.41, 5.74) is 0. The summed E-state index contributed by atoms with van der Waals surface area (Å²) in [6.07, 6.45) is 3.22. The Morgan fingerprint density at radius 3 is 2.84 bits per heavy atom. The lowest BCUT2D eigenvalue weighted by Gasteiger charge is -2.29. The van der Waals surface area contributed by atoms with E-state index in [2.05, 4.69) is 22.2 Å². The van der Waals surface area contributed by atoms with Gasteiger partial charge in [0.25, 0.3) is 0 Å². The zero-order chi connectivity index (χ0) is 13.5. The first-order chi connectivity index (χ1) is 9.25. The number of carbonyl (C=O) groups is 1. The van der Waals surface area contributed by atoms with Crippen LogP contribution >= 0.6 is 0 Å². The molecule has 0 saturated carbocycles. The third kappa shape index (κ3) is 5.09. The van der Waals surface area contributed by atoms with Crippen molar-refractivity contribution in [1.29, 1.82) is 0 Å². The lowest BCUT2D eigenvalue weighted by atomic mass is 9.97. The second kappa shape index (κ2) is 7.82. The lowest BCUT2D eigenvalue weighted by molar-refractivity contribution is -0.126. The number of nitrogens with zero attached hydrogens (tertiary/aromatic N) is 2. The van der Waals surface area contributed by atoms with E-state index in [1.54, 1.807) is 0 Å². The predicted molar refractivity (Wildman–Crippen MR) is 75.1 cm³/mol. The molecule has 5 heteroatoms. The molecule has 0 aromatic rings. The minimum Gasteiger partial charge on any atom is -0.379 e. The highest BCUT2D eigenvalue weighted by Crippen LogP contribution is 2.14. The van der Waals surface area contributed by atoms with E-state index in [1.165, 1.54) is 0 Å². The summed E-state index contributed by atoms with van der Waals surface area (Å²) in [5, 5.41) is 3.09. The van der Waals surface area contributed by atoms with Gasteiger partial charge in [0.15, 0.2) is 0 Å². The third-order valence-electron chi connectivity index (χ3n) is 4.05. The fourth-order valence-corrected chi connectivity index (χ4v) is 2.86. The molecule has 0 unspecified atom stereocenters. The molecule has 2 rings (SSSR count). The number of morpholine rings is 1. The summed E-state index contributed by atoms with van der Waals surface area (Å²) >= 11 is 0. The molecule has 2 fully saturated rings. The summed E-state index contributed by atoms with van der Waals surface area (Å²) < 4.78 is 5.32. The minimum absolute atomic E-state index is 0.196. The van der Waals surface area contributed by atoms with Crippen molar-refractivity contribution in [1.82, 2.24) is 15.1 Å². The first kappa shape index (κ1) is 14.8. The number of carbonyl (C=O) groups excluding carboxylic acids is 1. The number of amides is 1. The number of hydrogen-bond donors (Lipinski definition) is 1. The number of ether oxygens (including phenoxy) is 1. The Hall–Kier alpha value is -0.650. The van der Waals surface area contributed by atoms with E-state index in [0.717, 1.165) is 71.7 Å². The van der Waals surface area contributed by atoms with Crippen LogP contribution in [0.5, 0.6) is 0 Å². The molecule has 5 nitrogen and oxygen atoms in total. The third-order valence-corrected chi connectivity index (χ3v) is 4.05. The average Bonchev–Trinajstić information content (AvgIpc) is 2.44. The fraction of sp³-hybridized carbons (Fsp3) is 0.929. The van der Waals surface area contributed by atoms with E-state index in [0.29, 0.717) is 0 Å². The Labute approximate surface area is 116 Å². The number of likely N-dealkylation sites (tertiary alicyclic amines) is 1. The molecule has 1 N–H and O–H groups in total. The summed E-state index contributed by atoms with van der Waals surface area (Å²) in [5.74, 6) is 0.440. The number of piperidine rings is 1. The molecule has 19 heavy (non-hydrogen) atoms. The molecule has 0 bridgehead atoms. The van der Waals surface area contributed by atoms with Crippen LogP contribution < -0.4 is 5.32 Å². The minimum atomic E-state index is 0.196. The van der Waals surface area contributed by atoms with E-state index in [-0.39, 0.29) is 11.8 Å². The van der Waals surface area contributed by atoms with Crippen molar-refractivity contribution in [3.63, 3.8) is 0 Å². The molecular formula is C14H27N3O2. The maximum Gasteiger partial charge on any atom is 0.224 e. The van der Waals surface area contributed by atoms with Gasteiger partial charge in [0, 0.05) is 26.2 Å². The first-order valence-corrected chi connectivity index (χ1v) is 7.52. The second-order valence-electron chi connectivity index (χ2n) is 5.70. The summed E-state index contributed by atoms with van der Waals surface area (Å²) in [7, 11) is 2.10. The van der Waals surface area contributed by atoms with Gasteiger partial charge in [0.05, 0.1) is 19.1 Å². The normalized spacial score (nSPS) is 26.3. The molecule has 0 aromatic carbocycles. The topological polar surface area (TPSA) is 44.8 Å². The van der Waals surface area contributed by atoms with Gasteiger partial charge in [0.1, 0.15) is 0 Å². The van der Waals surface area contributed by atoms with Crippen molar-refractivity contribution in [2.24, 2.45) is 5.92 Å². The highest BCUT2D eigenvalue weighted by molar-refractivity contribution is 5.78. The zero-order valence-corrected chi connectivity index (χ0v) is 12.1. The first-order valence-electron chi connectivity index (χ1n) is 7.52. The van der Waals surface area contributed by atoms with Gasteiger partial charge in [-0.25, -0.2) is 0 Å². The Balaban J connectivity index is 1.55. The number of nitrogens with one attached hydrogen (secondary N) is 1. The van der Waals surface area contributed by atoms with Gasteiger partial charge in [-0.1, -0.05) is 0 Å². The van der Waals surface area contributed by atoms with E-state index in [1.807, 2.05) is 0 Å². The standard InChI is InChI=1S/C14H27N3O2/c1-16-6-2-4-13(12-16)14(18)15-5-3-7-17-8-10-19-11-9-17/h13H,2-12H2,1H3,(H,15,18)/t13-/m0/s1. The number of hydrogen-bond acceptors (Lipinski definition) is 4. The maximum absolute atomic E-state index is 12.0. The molecular weight excluding hydrogens is 242 g/mol. The van der Waals surface area contributed by atoms with Crippen molar-refractivity contribution in [2.75, 3.05) is 59.5 Å². The van der Waals surface area contributed by atoms with E-state index < -0.39 is 0 Å². The second-order valence-corrected chi connectivity index (χ2v) is 5.70. The molecule has 2 aliphatic heterocycles. The molecule has 2 aliphatic rings. The molecule has 110 valence electrons. The van der Waals surface area contributed by atoms with Gasteiger partial charge in [0.2, 0.25) is 5.91 Å². The molecule has 1 atom stereocenters. The fourth-order valence-electron chi connectivity index (χ4n) is 2.86. The summed E-state index contributed by atoms with van der Waals surface area (Å²) in [6.45, 7) is 7.66. The maximum atomic E-state index is 12.0. The highest BCUT2D eigenvalue weighted by atomic mass is 16.5. The highest BCUT2D eigenvalue weighted by Gasteiger charge is 2.23. The van der Waals surface area contributed by atoms with Gasteiger partial charge < -0.3 is 15.0 Å². The smallest absolute Gasteiger partial charge is 0.224 e. The van der Waals surface area contributed by atoms with Gasteiger partial charge in [-0.2, -0.15) is 0 Å². The van der Waals surface area contributed by atoms with Gasteiger partial charge >= 0.3 is 0 Å². The predicted octanol–water partition coefficient (Wildman–Crippen LogP) is 0.167. The molecule has 1 amide bonds. The lowest BCUT2D eigenvalue weighted by Crippen LogP contribution is -2.42. The summed E-state index contributed by atoms with van der Waals surface area (Å²) in [4.78, 5) is 16.7. The van der Waals surface area contributed by atoms with Crippen LogP contribution in [0, 0.1) is 5.92 Å². The van der Waals surface area contributed by atoms with Crippen LogP contribution in [0.1, 0.15) is 19.3 Å². The Bertz CT molecular complexity index is 280. The molecule has 2 saturated heterocycles. The van der Waals surface area contributed by atoms with Crippen molar-refractivity contribution >= 4 is 5.91 Å². The molecule has 2 heterocycles. The van der Waals surface area contributed by atoms with E-state index in [4.69, 9.17) is 4.74 Å². The van der Waals surface area contributed by atoms with Crippen LogP contribution in [0.25, 0.3) is 0 Å². The molecule has 0 radical (unpaired) electrons. The van der Waals surface area contributed by atoms with Crippen LogP contribution in [0.2, 0.25) is 0 Å². The summed E-state index contributed by atoms with van der Waals surface area (Å²) in [6, 6.07) is 0. The van der Waals surface area contributed by atoms with Crippen molar-refractivity contribution in [3.8, 4) is 0 Å². The molecule has 0 aliphatic carbocycles. The van der Waals surface area contributed by atoms with Crippen molar-refractivity contribution in [3.05, 3.63) is 0 Å². The van der Waals surface area contributed by atoms with Crippen LogP contribution in [0.3, 0.4) is 0 Å². The van der Waals surface area contributed by atoms with Gasteiger partial charge in [-0.05, 0) is 39.4 Å². The molecule has 0 spiro atoms. The quantitative estimate of drug-likeness (QED) is 0.723. The average molecular weight is 269 g/mol. The number of rotatable bonds is 5. The van der Waals surface area contributed by atoms with Gasteiger partial charge in [-0.15, -0.1) is 0 Å². The Kier molecular flexibility index (Phi) is 6.07. The Morgan fingerprint density at radius 2 is 2.11 bits per heavy atom. The van der Waals surface area contributed by atoms with Gasteiger partial charge in [-0.3, -0.25) is 9.69 Å². The van der Waals surface area contributed by atoms with Crippen LogP contribution in [-0.2, 0) is 9.53 Å². The van der Waals surface area contributed by atoms with E-state index in [9.17, 15) is 4.79 Å².